The minimum absolute atomic E-state index is 0.0641. The van der Waals surface area contributed by atoms with Crippen molar-refractivity contribution in [3.05, 3.63) is 35.4 Å². The van der Waals surface area contributed by atoms with Gasteiger partial charge < -0.3 is 5.11 Å². The first kappa shape index (κ1) is 15.8. The minimum Gasteiger partial charge on any atom is -0.478 e. The third-order valence-electron chi connectivity index (χ3n) is 2.17. The highest BCUT2D eigenvalue weighted by Gasteiger charge is 2.10. The molecule has 0 aliphatic heterocycles. The summed E-state index contributed by atoms with van der Waals surface area (Å²) in [5.41, 5.74) is 4.86. The van der Waals surface area contributed by atoms with Crippen LogP contribution in [0.4, 0.5) is 0 Å². The van der Waals surface area contributed by atoms with Gasteiger partial charge in [-0.3, -0.25) is 24.6 Å². The summed E-state index contributed by atoms with van der Waals surface area (Å²) < 4.78 is 11.7. The predicted octanol–water partition coefficient (Wildman–Crippen LogP) is -0.199. The fourth-order valence-electron chi connectivity index (χ4n) is 1.37. The van der Waals surface area contributed by atoms with Crippen LogP contribution in [0.2, 0.25) is 0 Å². The Morgan fingerprint density at radius 1 is 1.25 bits per heavy atom. The van der Waals surface area contributed by atoms with Gasteiger partial charge in [-0.25, -0.2) is 4.79 Å². The van der Waals surface area contributed by atoms with Gasteiger partial charge in [0.25, 0.3) is 5.91 Å². The van der Waals surface area contributed by atoms with Crippen LogP contribution >= 0.6 is 0 Å². The van der Waals surface area contributed by atoms with Crippen LogP contribution in [-0.2, 0) is 26.1 Å². The van der Waals surface area contributed by atoms with E-state index in [1.165, 1.54) is 19.1 Å². The van der Waals surface area contributed by atoms with Crippen molar-refractivity contribution in [1.29, 1.82) is 0 Å². The molecule has 8 heteroatoms. The highest BCUT2D eigenvalue weighted by molar-refractivity contribution is 7.84. The molecule has 0 saturated heterocycles. The lowest BCUT2D eigenvalue weighted by atomic mass is 10.1. The van der Waals surface area contributed by atoms with Crippen molar-refractivity contribution in [3.8, 4) is 0 Å². The molecule has 1 unspecified atom stereocenters. The van der Waals surface area contributed by atoms with Gasteiger partial charge in [0.05, 0.1) is 5.56 Å². The van der Waals surface area contributed by atoms with Crippen LogP contribution in [0.15, 0.2) is 24.3 Å². The summed E-state index contributed by atoms with van der Waals surface area (Å²) in [6, 6.07) is 6.02. The van der Waals surface area contributed by atoms with E-state index in [1.807, 2.05) is 0 Å². The number of amides is 2. The number of aromatic carboxylic acids is 1. The molecular formula is C12H14N2O5S. The van der Waals surface area contributed by atoms with E-state index in [1.54, 1.807) is 12.1 Å². The van der Waals surface area contributed by atoms with Crippen molar-refractivity contribution in [2.75, 3.05) is 5.75 Å². The number of carbonyl (C=O) groups is 3. The molecule has 7 nitrogen and oxygen atoms in total. The Labute approximate surface area is 117 Å². The zero-order chi connectivity index (χ0) is 15.1. The fraction of sp³-hybridized carbons (Fsp3) is 0.250. The van der Waals surface area contributed by atoms with Gasteiger partial charge in [-0.1, -0.05) is 12.1 Å². The molecule has 0 aliphatic carbocycles. The zero-order valence-corrected chi connectivity index (χ0v) is 11.5. The first-order chi connectivity index (χ1) is 9.38. The van der Waals surface area contributed by atoms with E-state index in [0.717, 1.165) is 0 Å². The molecule has 1 aromatic carbocycles. The van der Waals surface area contributed by atoms with Crippen LogP contribution < -0.4 is 10.9 Å². The van der Waals surface area contributed by atoms with Crippen molar-refractivity contribution in [2.45, 2.75) is 12.7 Å². The normalized spacial score (nSPS) is 11.4. The number of benzene rings is 1. The summed E-state index contributed by atoms with van der Waals surface area (Å²) in [6.07, 6.45) is 0. The van der Waals surface area contributed by atoms with Gasteiger partial charge in [0.15, 0.2) is 0 Å². The molecule has 3 N–H and O–H groups in total. The summed E-state index contributed by atoms with van der Waals surface area (Å²) in [7, 11) is -1.49. The Morgan fingerprint density at radius 2 is 1.95 bits per heavy atom. The molecule has 1 aromatic rings. The van der Waals surface area contributed by atoms with Crippen molar-refractivity contribution in [2.24, 2.45) is 0 Å². The van der Waals surface area contributed by atoms with E-state index in [2.05, 4.69) is 10.9 Å². The molecule has 2 amide bonds. The topological polar surface area (TPSA) is 113 Å². The number of carboxylic acids is 1. The zero-order valence-electron chi connectivity index (χ0n) is 10.7. The molecule has 20 heavy (non-hydrogen) atoms. The van der Waals surface area contributed by atoms with Gasteiger partial charge in [-0.15, -0.1) is 0 Å². The Morgan fingerprint density at radius 3 is 2.55 bits per heavy atom. The predicted molar refractivity (Wildman–Crippen MR) is 72.1 cm³/mol. The number of nitrogens with one attached hydrogen (secondary N) is 2. The number of hydrazine groups is 1. The van der Waals surface area contributed by atoms with Gasteiger partial charge in [-0.2, -0.15) is 0 Å². The molecule has 0 bridgehead atoms. The van der Waals surface area contributed by atoms with Gasteiger partial charge in [0.2, 0.25) is 5.91 Å². The van der Waals surface area contributed by atoms with Crippen LogP contribution in [0.25, 0.3) is 0 Å². The van der Waals surface area contributed by atoms with Crippen molar-refractivity contribution in [3.63, 3.8) is 0 Å². The average Bonchev–Trinajstić information content (AvgIpc) is 2.36. The monoisotopic (exact) mass is 298 g/mol. The molecule has 1 rings (SSSR count). The molecule has 108 valence electrons. The van der Waals surface area contributed by atoms with Gasteiger partial charge >= 0.3 is 5.97 Å². The molecule has 0 heterocycles. The second-order valence-corrected chi connectivity index (χ2v) is 5.42. The van der Waals surface area contributed by atoms with Crippen LogP contribution in [0.5, 0.6) is 0 Å². The number of carboxylic acid groups (broad SMARTS) is 1. The van der Waals surface area contributed by atoms with Crippen molar-refractivity contribution < 1.29 is 23.7 Å². The Hall–Kier alpha value is -2.22. The van der Waals surface area contributed by atoms with E-state index < -0.39 is 28.6 Å². The molecule has 0 spiro atoms. The summed E-state index contributed by atoms with van der Waals surface area (Å²) in [6.45, 7) is 1.23. The quantitative estimate of drug-likeness (QED) is 0.652. The first-order valence-corrected chi connectivity index (χ1v) is 7.10. The third kappa shape index (κ3) is 5.61. The first-order valence-electron chi connectivity index (χ1n) is 5.61. The van der Waals surface area contributed by atoms with Crippen LogP contribution in [0.1, 0.15) is 22.8 Å². The molecule has 1 atom stereocenters. The maximum absolute atomic E-state index is 11.7. The molecule has 0 aromatic heterocycles. The van der Waals surface area contributed by atoms with Crippen LogP contribution in [-0.4, -0.2) is 32.9 Å². The van der Waals surface area contributed by atoms with Gasteiger partial charge in [0.1, 0.15) is 5.75 Å². The van der Waals surface area contributed by atoms with Crippen LogP contribution in [0.3, 0.4) is 0 Å². The number of carbonyl (C=O) groups excluding carboxylic acids is 2. The van der Waals surface area contributed by atoms with E-state index in [-0.39, 0.29) is 17.1 Å². The van der Waals surface area contributed by atoms with E-state index in [4.69, 9.17) is 5.11 Å². The number of rotatable bonds is 5. The lowest BCUT2D eigenvalue weighted by molar-refractivity contribution is -0.126. The largest absolute Gasteiger partial charge is 0.478 e. The van der Waals surface area contributed by atoms with Crippen LogP contribution in [0, 0.1) is 0 Å². The Kier molecular flexibility index (Phi) is 5.85. The average molecular weight is 298 g/mol. The number of hydrogen-bond donors (Lipinski definition) is 3. The SMILES string of the molecule is CC(=O)NNC(=O)CS(=O)Cc1cccc(C(=O)O)c1. The molecule has 0 fully saturated rings. The van der Waals surface area contributed by atoms with E-state index >= 15 is 0 Å². The minimum atomic E-state index is -1.49. The molecule has 0 radical (unpaired) electrons. The Balaban J connectivity index is 2.54. The highest BCUT2D eigenvalue weighted by atomic mass is 32.2. The summed E-state index contributed by atoms with van der Waals surface area (Å²) in [4.78, 5) is 32.7. The fourth-order valence-corrected chi connectivity index (χ4v) is 2.39. The smallest absolute Gasteiger partial charge is 0.335 e. The van der Waals surface area contributed by atoms with Gasteiger partial charge in [-0.05, 0) is 17.7 Å². The van der Waals surface area contributed by atoms with Crippen molar-refractivity contribution in [1.82, 2.24) is 10.9 Å². The lowest BCUT2D eigenvalue weighted by Gasteiger charge is -2.05. The third-order valence-corrected chi connectivity index (χ3v) is 3.41. The van der Waals surface area contributed by atoms with E-state index in [0.29, 0.717) is 5.56 Å². The molecule has 0 aliphatic rings. The Bertz CT molecular complexity index is 559. The number of hydrogen-bond acceptors (Lipinski definition) is 4. The van der Waals surface area contributed by atoms with E-state index in [9.17, 15) is 18.6 Å². The summed E-state index contributed by atoms with van der Waals surface area (Å²) in [5.74, 6) is -2.29. The highest BCUT2D eigenvalue weighted by Crippen LogP contribution is 2.08. The summed E-state index contributed by atoms with van der Waals surface area (Å²) in [5, 5.41) is 8.83. The maximum Gasteiger partial charge on any atom is 0.335 e. The molecular weight excluding hydrogens is 284 g/mol. The second-order valence-electron chi connectivity index (χ2n) is 3.96. The maximum atomic E-state index is 11.7. The lowest BCUT2D eigenvalue weighted by Crippen LogP contribution is -2.42. The van der Waals surface area contributed by atoms with Crippen molar-refractivity contribution >= 4 is 28.6 Å². The van der Waals surface area contributed by atoms with Gasteiger partial charge in [0, 0.05) is 23.5 Å². The summed E-state index contributed by atoms with van der Waals surface area (Å²) >= 11 is 0. The molecule has 0 saturated carbocycles. The second kappa shape index (κ2) is 7.39. The standard InChI is InChI=1S/C12H14N2O5S/c1-8(15)13-14-11(16)7-20(19)6-9-3-2-4-10(5-9)12(17)18/h2-5H,6-7H2,1H3,(H,13,15)(H,14,16)(H,17,18).